The van der Waals surface area contributed by atoms with Crippen molar-refractivity contribution in [2.24, 2.45) is 0 Å². The van der Waals surface area contributed by atoms with Crippen molar-refractivity contribution in [1.82, 2.24) is 0 Å². The van der Waals surface area contributed by atoms with Gasteiger partial charge in [-0.1, -0.05) is 30.3 Å². The van der Waals surface area contributed by atoms with Gasteiger partial charge in [0.05, 0.1) is 7.11 Å². The molecule has 3 rings (SSSR count). The van der Waals surface area contributed by atoms with Crippen molar-refractivity contribution in [3.05, 3.63) is 83.9 Å². The highest BCUT2D eigenvalue weighted by Crippen LogP contribution is 2.21. The van der Waals surface area contributed by atoms with Crippen molar-refractivity contribution < 1.29 is 14.3 Å². The number of anilines is 3. The van der Waals surface area contributed by atoms with E-state index >= 15 is 0 Å². The Labute approximate surface area is 163 Å². The predicted molar refractivity (Wildman–Crippen MR) is 111 cm³/mol. The Morgan fingerprint density at radius 2 is 1.39 bits per heavy atom. The molecule has 0 saturated heterocycles. The lowest BCUT2D eigenvalue weighted by Gasteiger charge is -2.11. The molecule has 0 atom stereocenters. The van der Waals surface area contributed by atoms with E-state index in [-0.39, 0.29) is 11.9 Å². The summed E-state index contributed by atoms with van der Waals surface area (Å²) >= 11 is 0. The molecule has 6 nitrogen and oxygen atoms in total. The minimum absolute atomic E-state index is 0.260. The van der Waals surface area contributed by atoms with Crippen molar-refractivity contribution in [3.63, 3.8) is 0 Å². The third-order valence-electron chi connectivity index (χ3n) is 4.08. The fourth-order valence-electron chi connectivity index (χ4n) is 2.65. The molecule has 0 bridgehead atoms. The Bertz CT molecular complexity index is 987. The standard InChI is InChI=1S/C22H21N3O3/c1-15-11-12-16(13-20(15)28-2)21(26)23-18-9-6-10-19(14-18)25-22(27)24-17-7-4-3-5-8-17/h3-14H,1-2H3,(H,23,26)(H2,24,25,27). The molecular formula is C22H21N3O3. The van der Waals surface area contributed by atoms with Crippen LogP contribution in [0.4, 0.5) is 21.9 Å². The summed E-state index contributed by atoms with van der Waals surface area (Å²) in [4.78, 5) is 24.6. The van der Waals surface area contributed by atoms with Crippen molar-refractivity contribution in [3.8, 4) is 5.75 Å². The fraction of sp³-hybridized carbons (Fsp3) is 0.0909. The van der Waals surface area contributed by atoms with Crippen molar-refractivity contribution in [1.29, 1.82) is 0 Å². The number of methoxy groups -OCH3 is 1. The SMILES string of the molecule is COc1cc(C(=O)Nc2cccc(NC(=O)Nc3ccccc3)c2)ccc1C. The summed E-state index contributed by atoms with van der Waals surface area (Å²) in [6.07, 6.45) is 0. The van der Waals surface area contributed by atoms with Gasteiger partial charge in [0, 0.05) is 22.6 Å². The lowest BCUT2D eigenvalue weighted by molar-refractivity contribution is 0.102. The molecule has 0 fully saturated rings. The number of amides is 3. The zero-order chi connectivity index (χ0) is 19.9. The molecule has 0 radical (unpaired) electrons. The van der Waals surface area contributed by atoms with Gasteiger partial charge in [0.25, 0.3) is 5.91 Å². The Morgan fingerprint density at radius 1 is 0.750 bits per heavy atom. The summed E-state index contributed by atoms with van der Waals surface area (Å²) < 4.78 is 5.26. The van der Waals surface area contributed by atoms with Crippen LogP contribution in [0.2, 0.25) is 0 Å². The van der Waals surface area contributed by atoms with Crippen LogP contribution in [0.1, 0.15) is 15.9 Å². The quantitative estimate of drug-likeness (QED) is 0.593. The largest absolute Gasteiger partial charge is 0.496 e. The Balaban J connectivity index is 1.66. The maximum Gasteiger partial charge on any atom is 0.323 e. The summed E-state index contributed by atoms with van der Waals surface area (Å²) in [7, 11) is 1.57. The summed E-state index contributed by atoms with van der Waals surface area (Å²) in [6, 6.07) is 21.0. The maximum absolute atomic E-state index is 12.5. The molecule has 3 aromatic rings. The van der Waals surface area contributed by atoms with Crippen molar-refractivity contribution in [2.75, 3.05) is 23.1 Å². The third kappa shape index (κ3) is 4.88. The lowest BCUT2D eigenvalue weighted by atomic mass is 10.1. The zero-order valence-electron chi connectivity index (χ0n) is 15.7. The summed E-state index contributed by atoms with van der Waals surface area (Å²) in [6.45, 7) is 1.91. The van der Waals surface area contributed by atoms with Crippen LogP contribution >= 0.6 is 0 Å². The number of ether oxygens (including phenoxy) is 1. The van der Waals surface area contributed by atoms with E-state index in [1.807, 2.05) is 31.2 Å². The number of nitrogens with one attached hydrogen (secondary N) is 3. The van der Waals surface area contributed by atoms with Gasteiger partial charge in [-0.3, -0.25) is 4.79 Å². The number of carbonyl (C=O) groups is 2. The topological polar surface area (TPSA) is 79.5 Å². The summed E-state index contributed by atoms with van der Waals surface area (Å²) in [5, 5.41) is 8.32. The number of benzene rings is 3. The highest BCUT2D eigenvalue weighted by Gasteiger charge is 2.10. The van der Waals surface area contributed by atoms with Crippen LogP contribution in [0.25, 0.3) is 0 Å². The monoisotopic (exact) mass is 375 g/mol. The van der Waals surface area contributed by atoms with Crippen LogP contribution in [0.3, 0.4) is 0 Å². The molecule has 0 aromatic heterocycles. The molecule has 0 aliphatic rings. The predicted octanol–water partition coefficient (Wildman–Crippen LogP) is 4.90. The van der Waals surface area contributed by atoms with Gasteiger partial charge in [-0.2, -0.15) is 0 Å². The molecule has 3 N–H and O–H groups in total. The first-order valence-electron chi connectivity index (χ1n) is 8.74. The van der Waals surface area contributed by atoms with Gasteiger partial charge >= 0.3 is 6.03 Å². The first kappa shape index (κ1) is 19.0. The van der Waals surface area contributed by atoms with Crippen molar-refractivity contribution >= 4 is 29.0 Å². The third-order valence-corrected chi connectivity index (χ3v) is 4.08. The van der Waals surface area contributed by atoms with Gasteiger partial charge in [-0.05, 0) is 55.0 Å². The van der Waals surface area contributed by atoms with E-state index in [9.17, 15) is 9.59 Å². The molecule has 0 saturated carbocycles. The lowest BCUT2D eigenvalue weighted by Crippen LogP contribution is -2.19. The molecule has 6 heteroatoms. The van der Waals surface area contributed by atoms with E-state index in [1.165, 1.54) is 0 Å². The molecule has 142 valence electrons. The molecule has 0 aliphatic carbocycles. The Morgan fingerprint density at radius 3 is 2.11 bits per heavy atom. The van der Waals surface area contributed by atoms with Crippen molar-refractivity contribution in [2.45, 2.75) is 6.92 Å². The first-order valence-corrected chi connectivity index (χ1v) is 8.74. The second kappa shape index (κ2) is 8.73. The van der Waals surface area contributed by atoms with Crippen LogP contribution in [0, 0.1) is 6.92 Å². The van der Waals surface area contributed by atoms with E-state index in [0.717, 1.165) is 5.56 Å². The van der Waals surface area contributed by atoms with Crippen LogP contribution < -0.4 is 20.7 Å². The van der Waals surface area contributed by atoms with E-state index in [1.54, 1.807) is 55.6 Å². The fourth-order valence-corrected chi connectivity index (χ4v) is 2.65. The zero-order valence-corrected chi connectivity index (χ0v) is 15.7. The molecule has 3 amide bonds. The second-order valence-corrected chi connectivity index (χ2v) is 6.16. The molecular weight excluding hydrogens is 354 g/mol. The molecule has 3 aromatic carbocycles. The number of para-hydroxylation sites is 1. The molecule has 0 unspecified atom stereocenters. The van der Waals surface area contributed by atoms with E-state index in [4.69, 9.17) is 4.74 Å². The number of rotatable bonds is 5. The highest BCUT2D eigenvalue weighted by atomic mass is 16.5. The van der Waals surface area contributed by atoms with E-state index < -0.39 is 0 Å². The van der Waals surface area contributed by atoms with Gasteiger partial charge in [-0.15, -0.1) is 0 Å². The normalized spacial score (nSPS) is 10.1. The molecule has 0 heterocycles. The van der Waals surface area contributed by atoms with Gasteiger partial charge in [0.2, 0.25) is 0 Å². The molecule has 0 aliphatic heterocycles. The first-order chi connectivity index (χ1) is 13.5. The Kier molecular flexibility index (Phi) is 5.91. The average molecular weight is 375 g/mol. The van der Waals surface area contributed by atoms with Gasteiger partial charge < -0.3 is 20.7 Å². The summed E-state index contributed by atoms with van der Waals surface area (Å²) in [5.41, 5.74) is 3.27. The Hall–Kier alpha value is -3.80. The number of hydrogen-bond donors (Lipinski definition) is 3. The van der Waals surface area contributed by atoms with E-state index in [2.05, 4.69) is 16.0 Å². The number of urea groups is 1. The summed E-state index contributed by atoms with van der Waals surface area (Å²) in [5.74, 6) is 0.393. The number of aryl methyl sites for hydroxylation is 1. The minimum Gasteiger partial charge on any atom is -0.496 e. The average Bonchev–Trinajstić information content (AvgIpc) is 2.69. The second-order valence-electron chi connectivity index (χ2n) is 6.16. The van der Waals surface area contributed by atoms with Crippen LogP contribution in [0.5, 0.6) is 5.75 Å². The number of hydrogen-bond acceptors (Lipinski definition) is 3. The van der Waals surface area contributed by atoms with Gasteiger partial charge in [0.1, 0.15) is 5.75 Å². The van der Waals surface area contributed by atoms with Crippen LogP contribution in [-0.4, -0.2) is 19.0 Å². The van der Waals surface area contributed by atoms with Gasteiger partial charge in [-0.25, -0.2) is 4.79 Å². The number of carbonyl (C=O) groups excluding carboxylic acids is 2. The molecule has 28 heavy (non-hydrogen) atoms. The van der Waals surface area contributed by atoms with Crippen LogP contribution in [-0.2, 0) is 0 Å². The van der Waals surface area contributed by atoms with Crippen LogP contribution in [0.15, 0.2) is 72.8 Å². The van der Waals surface area contributed by atoms with Gasteiger partial charge in [0.15, 0.2) is 0 Å². The van der Waals surface area contributed by atoms with E-state index in [0.29, 0.717) is 28.4 Å². The smallest absolute Gasteiger partial charge is 0.323 e. The maximum atomic E-state index is 12.5. The highest BCUT2D eigenvalue weighted by molar-refractivity contribution is 6.05. The molecule has 0 spiro atoms. The minimum atomic E-state index is -0.363.